The monoisotopic (exact) mass is 346 g/mol. The van der Waals surface area contributed by atoms with E-state index in [0.29, 0.717) is 5.82 Å². The Morgan fingerprint density at radius 3 is 2.22 bits per heavy atom. The van der Waals surface area contributed by atoms with Gasteiger partial charge < -0.3 is 5.32 Å². The molecule has 2 heterocycles. The third-order valence-corrected chi connectivity index (χ3v) is 5.78. The van der Waals surface area contributed by atoms with Gasteiger partial charge in [0.05, 0.1) is 0 Å². The predicted octanol–water partition coefficient (Wildman–Crippen LogP) is 3.39. The van der Waals surface area contributed by atoms with Crippen LogP contribution in [-0.4, -0.2) is 18.6 Å². The highest BCUT2D eigenvalue weighted by Gasteiger charge is 2.17. The third-order valence-electron chi connectivity index (χ3n) is 2.93. The lowest BCUT2D eigenvalue weighted by Gasteiger charge is -2.07. The van der Waals surface area contributed by atoms with Crippen molar-refractivity contribution in [3.8, 4) is 0 Å². The van der Waals surface area contributed by atoms with Gasteiger partial charge in [-0.3, -0.25) is 4.72 Å². The van der Waals surface area contributed by atoms with E-state index >= 15 is 0 Å². The second kappa shape index (κ2) is 6.35. The molecule has 3 aromatic rings. The van der Waals surface area contributed by atoms with Gasteiger partial charge in [0.1, 0.15) is 4.21 Å². The van der Waals surface area contributed by atoms with E-state index < -0.39 is 10.0 Å². The number of nitrogens with one attached hydrogen (secondary N) is 2. The van der Waals surface area contributed by atoms with E-state index in [1.807, 2.05) is 37.3 Å². The molecule has 0 atom stereocenters. The maximum Gasteiger partial charge on any atom is 0.272 e. The zero-order valence-corrected chi connectivity index (χ0v) is 13.9. The normalized spacial score (nSPS) is 11.2. The molecule has 6 nitrogen and oxygen atoms in total. The molecule has 0 unspecified atom stereocenters. The van der Waals surface area contributed by atoms with Gasteiger partial charge in [-0.25, -0.2) is 8.42 Å². The van der Waals surface area contributed by atoms with E-state index in [2.05, 4.69) is 20.2 Å². The van der Waals surface area contributed by atoms with Gasteiger partial charge in [-0.05, 0) is 43.3 Å². The van der Waals surface area contributed by atoms with Crippen LogP contribution >= 0.6 is 11.3 Å². The summed E-state index contributed by atoms with van der Waals surface area (Å²) in [5.74, 6) is 0.709. The first-order chi connectivity index (χ1) is 11.0. The fourth-order valence-corrected chi connectivity index (χ4v) is 4.15. The van der Waals surface area contributed by atoms with E-state index in [0.717, 1.165) is 10.6 Å². The Morgan fingerprint density at radius 2 is 1.61 bits per heavy atom. The molecule has 0 aliphatic carbocycles. The Bertz CT molecular complexity index is 891. The molecule has 23 heavy (non-hydrogen) atoms. The highest BCUT2D eigenvalue weighted by Crippen LogP contribution is 2.23. The van der Waals surface area contributed by atoms with Crippen molar-refractivity contribution in [2.45, 2.75) is 11.1 Å². The SMILES string of the molecule is Cc1ccc(S(=O)(=O)Nc2ccc(Nc3ccccc3)nn2)s1. The molecule has 118 valence electrons. The number of thiophene rings is 1. The van der Waals surface area contributed by atoms with Crippen LogP contribution in [0.1, 0.15) is 4.88 Å². The first-order valence-corrected chi connectivity index (χ1v) is 9.08. The molecule has 2 N–H and O–H groups in total. The molecule has 0 aliphatic heterocycles. The first-order valence-electron chi connectivity index (χ1n) is 6.78. The van der Waals surface area contributed by atoms with E-state index in [1.54, 1.807) is 24.3 Å². The van der Waals surface area contributed by atoms with Crippen molar-refractivity contribution in [2.75, 3.05) is 10.0 Å². The summed E-state index contributed by atoms with van der Waals surface area (Å²) in [6, 6.07) is 16.1. The van der Waals surface area contributed by atoms with Gasteiger partial charge >= 0.3 is 0 Å². The summed E-state index contributed by atoms with van der Waals surface area (Å²) in [4.78, 5) is 0.930. The lowest BCUT2D eigenvalue weighted by Crippen LogP contribution is -2.13. The van der Waals surface area contributed by atoms with Crippen molar-refractivity contribution < 1.29 is 8.42 Å². The summed E-state index contributed by atoms with van der Waals surface area (Å²) < 4.78 is 27.1. The number of rotatable bonds is 5. The smallest absolute Gasteiger partial charge is 0.272 e. The maximum atomic E-state index is 12.2. The van der Waals surface area contributed by atoms with Gasteiger partial charge in [0.2, 0.25) is 0 Å². The molecule has 3 rings (SSSR count). The molecule has 0 saturated heterocycles. The molecule has 1 aromatic carbocycles. The number of para-hydroxylation sites is 1. The lowest BCUT2D eigenvalue weighted by atomic mass is 10.3. The minimum Gasteiger partial charge on any atom is -0.339 e. The van der Waals surface area contributed by atoms with E-state index in [9.17, 15) is 8.42 Å². The van der Waals surface area contributed by atoms with Crippen molar-refractivity contribution >= 4 is 38.7 Å². The predicted molar refractivity (Wildman–Crippen MR) is 91.6 cm³/mol. The average Bonchev–Trinajstić information content (AvgIpc) is 2.98. The summed E-state index contributed by atoms with van der Waals surface area (Å²) >= 11 is 1.21. The third kappa shape index (κ3) is 3.85. The van der Waals surface area contributed by atoms with E-state index in [1.165, 1.54) is 11.3 Å². The van der Waals surface area contributed by atoms with Crippen LogP contribution < -0.4 is 10.0 Å². The Hall–Kier alpha value is -2.45. The topological polar surface area (TPSA) is 84.0 Å². The fourth-order valence-electron chi connectivity index (χ4n) is 1.87. The van der Waals surface area contributed by atoms with Gasteiger partial charge in [0.15, 0.2) is 11.6 Å². The number of sulfonamides is 1. The van der Waals surface area contributed by atoms with Crippen molar-refractivity contribution in [1.82, 2.24) is 10.2 Å². The zero-order valence-electron chi connectivity index (χ0n) is 12.2. The molecule has 0 spiro atoms. The molecule has 2 aromatic heterocycles. The quantitative estimate of drug-likeness (QED) is 0.740. The number of anilines is 3. The summed E-state index contributed by atoms with van der Waals surface area (Å²) in [5.41, 5.74) is 0.879. The fraction of sp³-hybridized carbons (Fsp3) is 0.0667. The van der Waals surface area contributed by atoms with Crippen LogP contribution in [0.25, 0.3) is 0 Å². The molecule has 8 heteroatoms. The highest BCUT2D eigenvalue weighted by molar-refractivity contribution is 7.94. The summed E-state index contributed by atoms with van der Waals surface area (Å²) in [6.07, 6.45) is 0. The molecule has 0 amide bonds. The van der Waals surface area contributed by atoms with Crippen molar-refractivity contribution in [2.24, 2.45) is 0 Å². The van der Waals surface area contributed by atoms with Crippen molar-refractivity contribution in [1.29, 1.82) is 0 Å². The number of hydrogen-bond acceptors (Lipinski definition) is 6. The Labute approximate surface area is 138 Å². The molecule has 0 fully saturated rings. The van der Waals surface area contributed by atoms with E-state index in [-0.39, 0.29) is 10.0 Å². The minimum absolute atomic E-state index is 0.176. The molecular formula is C15H14N4O2S2. The molecule has 0 aliphatic rings. The van der Waals surface area contributed by atoms with E-state index in [4.69, 9.17) is 0 Å². The molecule has 0 saturated carbocycles. The Balaban J connectivity index is 1.72. The van der Waals surface area contributed by atoms with Gasteiger partial charge in [-0.15, -0.1) is 21.5 Å². The van der Waals surface area contributed by atoms with Gasteiger partial charge in [0, 0.05) is 10.6 Å². The van der Waals surface area contributed by atoms with Crippen LogP contribution in [-0.2, 0) is 10.0 Å². The number of benzene rings is 1. The van der Waals surface area contributed by atoms with Crippen LogP contribution in [0.2, 0.25) is 0 Å². The summed E-state index contributed by atoms with van der Waals surface area (Å²) in [7, 11) is -3.62. The van der Waals surface area contributed by atoms with Crippen LogP contribution in [0.15, 0.2) is 58.8 Å². The average molecular weight is 346 g/mol. The lowest BCUT2D eigenvalue weighted by molar-refractivity contribution is 0.603. The van der Waals surface area contributed by atoms with Crippen LogP contribution in [0.4, 0.5) is 17.3 Å². The van der Waals surface area contributed by atoms with Crippen molar-refractivity contribution in [3.05, 3.63) is 59.5 Å². The largest absolute Gasteiger partial charge is 0.339 e. The second-order valence-electron chi connectivity index (χ2n) is 4.77. The van der Waals surface area contributed by atoms with Crippen LogP contribution in [0, 0.1) is 6.92 Å². The number of aryl methyl sites for hydroxylation is 1. The van der Waals surface area contributed by atoms with Crippen molar-refractivity contribution in [3.63, 3.8) is 0 Å². The minimum atomic E-state index is -3.62. The summed E-state index contributed by atoms with van der Waals surface area (Å²) in [6.45, 7) is 1.85. The molecular weight excluding hydrogens is 332 g/mol. The standard InChI is InChI=1S/C15H14N4O2S2/c1-11-7-10-15(22-11)23(20,21)19-14-9-8-13(17-18-14)16-12-5-3-2-4-6-12/h2-10H,1H3,(H,16,17)(H,18,19). The number of nitrogens with zero attached hydrogens (tertiary/aromatic N) is 2. The maximum absolute atomic E-state index is 12.2. The second-order valence-corrected chi connectivity index (χ2v) is 7.96. The Kier molecular flexibility index (Phi) is 4.26. The summed E-state index contributed by atoms with van der Waals surface area (Å²) in [5, 5.41) is 10.9. The van der Waals surface area contributed by atoms with Crippen LogP contribution in [0.5, 0.6) is 0 Å². The zero-order chi connectivity index (χ0) is 16.3. The number of aromatic nitrogens is 2. The van der Waals surface area contributed by atoms with Gasteiger partial charge in [0.25, 0.3) is 10.0 Å². The first kappa shape index (κ1) is 15.4. The Morgan fingerprint density at radius 1 is 0.913 bits per heavy atom. The number of hydrogen-bond donors (Lipinski definition) is 2. The van der Waals surface area contributed by atoms with Crippen LogP contribution in [0.3, 0.4) is 0 Å². The van der Waals surface area contributed by atoms with Gasteiger partial charge in [-0.1, -0.05) is 18.2 Å². The van der Waals surface area contributed by atoms with Gasteiger partial charge in [-0.2, -0.15) is 0 Å². The highest BCUT2D eigenvalue weighted by atomic mass is 32.2. The molecule has 0 bridgehead atoms. The molecule has 0 radical (unpaired) electrons.